The summed E-state index contributed by atoms with van der Waals surface area (Å²) in [6.45, 7) is 8.86. The minimum Gasteiger partial charge on any atom is -0.378 e. The summed E-state index contributed by atoms with van der Waals surface area (Å²) in [4.78, 5) is 2.60. The Morgan fingerprint density at radius 1 is 1.30 bits per heavy atom. The standard InChI is InChI=1S/C18H23NO/c1-14(2)8-16-9-17-12-20-13-18(10-16)19(17)11-15-6-4-3-5-7-15/h3-7,9,17-18H,1,8,10-13H2,2H3. The van der Waals surface area contributed by atoms with Crippen LogP contribution in [0.4, 0.5) is 0 Å². The molecule has 2 aliphatic heterocycles. The number of nitrogens with zero attached hydrogens (tertiary/aromatic N) is 1. The molecule has 0 spiro atoms. The van der Waals surface area contributed by atoms with Crippen molar-refractivity contribution >= 4 is 0 Å². The number of hydrogen-bond acceptors (Lipinski definition) is 2. The lowest BCUT2D eigenvalue weighted by Gasteiger charge is -2.45. The maximum atomic E-state index is 5.75. The van der Waals surface area contributed by atoms with Crippen LogP contribution in [0.25, 0.3) is 0 Å². The Morgan fingerprint density at radius 3 is 2.80 bits per heavy atom. The molecule has 2 atom stereocenters. The van der Waals surface area contributed by atoms with E-state index in [1.807, 2.05) is 0 Å². The molecule has 2 unspecified atom stereocenters. The zero-order valence-electron chi connectivity index (χ0n) is 12.2. The number of benzene rings is 1. The van der Waals surface area contributed by atoms with Crippen LogP contribution >= 0.6 is 0 Å². The van der Waals surface area contributed by atoms with E-state index in [9.17, 15) is 0 Å². The Kier molecular flexibility index (Phi) is 4.04. The largest absolute Gasteiger partial charge is 0.378 e. The first-order valence-electron chi connectivity index (χ1n) is 7.44. The number of fused-ring (bicyclic) bond motifs is 2. The second-order valence-electron chi connectivity index (χ2n) is 6.08. The van der Waals surface area contributed by atoms with Crippen LogP contribution in [0, 0.1) is 0 Å². The van der Waals surface area contributed by atoms with E-state index in [1.54, 1.807) is 5.57 Å². The van der Waals surface area contributed by atoms with Crippen LogP contribution in [0.1, 0.15) is 25.3 Å². The average Bonchev–Trinajstić information content (AvgIpc) is 2.40. The van der Waals surface area contributed by atoms with Crippen LogP contribution in [-0.4, -0.2) is 30.2 Å². The summed E-state index contributed by atoms with van der Waals surface area (Å²) < 4.78 is 5.75. The van der Waals surface area contributed by atoms with Crippen molar-refractivity contribution in [1.29, 1.82) is 0 Å². The van der Waals surface area contributed by atoms with E-state index in [0.29, 0.717) is 12.1 Å². The van der Waals surface area contributed by atoms with Gasteiger partial charge in [-0.2, -0.15) is 0 Å². The molecule has 2 heteroatoms. The second kappa shape index (κ2) is 5.94. The van der Waals surface area contributed by atoms with E-state index in [-0.39, 0.29) is 0 Å². The lowest BCUT2D eigenvalue weighted by atomic mass is 9.90. The van der Waals surface area contributed by atoms with Crippen molar-refractivity contribution in [2.45, 2.75) is 38.4 Å². The van der Waals surface area contributed by atoms with E-state index >= 15 is 0 Å². The Morgan fingerprint density at radius 2 is 2.10 bits per heavy atom. The van der Waals surface area contributed by atoms with Crippen molar-refractivity contribution < 1.29 is 4.74 Å². The van der Waals surface area contributed by atoms with Gasteiger partial charge in [-0.3, -0.25) is 4.90 Å². The molecule has 0 saturated carbocycles. The smallest absolute Gasteiger partial charge is 0.0658 e. The first kappa shape index (κ1) is 13.6. The molecule has 1 saturated heterocycles. The molecular formula is C18H23NO. The van der Waals surface area contributed by atoms with Crippen LogP contribution in [0.5, 0.6) is 0 Å². The van der Waals surface area contributed by atoms with Gasteiger partial charge in [0.15, 0.2) is 0 Å². The molecule has 0 aliphatic carbocycles. The molecule has 106 valence electrons. The monoisotopic (exact) mass is 269 g/mol. The van der Waals surface area contributed by atoms with Gasteiger partial charge in [0.05, 0.1) is 19.3 Å². The summed E-state index contributed by atoms with van der Waals surface area (Å²) >= 11 is 0. The van der Waals surface area contributed by atoms with Gasteiger partial charge in [0.25, 0.3) is 0 Å². The minimum absolute atomic E-state index is 0.428. The third-order valence-corrected chi connectivity index (χ3v) is 4.16. The van der Waals surface area contributed by atoms with Gasteiger partial charge in [-0.15, -0.1) is 0 Å². The van der Waals surface area contributed by atoms with Crippen LogP contribution < -0.4 is 0 Å². The quantitative estimate of drug-likeness (QED) is 0.775. The van der Waals surface area contributed by atoms with Gasteiger partial charge in [-0.05, 0) is 25.3 Å². The van der Waals surface area contributed by atoms with Crippen molar-refractivity contribution in [3.63, 3.8) is 0 Å². The van der Waals surface area contributed by atoms with Crippen molar-refractivity contribution in [3.8, 4) is 0 Å². The molecule has 2 aliphatic rings. The van der Waals surface area contributed by atoms with E-state index in [4.69, 9.17) is 4.74 Å². The predicted octanol–water partition coefficient (Wildman–Crippen LogP) is 3.55. The molecular weight excluding hydrogens is 246 g/mol. The Bertz CT molecular complexity index is 505. The molecule has 2 heterocycles. The molecule has 1 fully saturated rings. The van der Waals surface area contributed by atoms with Gasteiger partial charge >= 0.3 is 0 Å². The Hall–Kier alpha value is -1.38. The maximum absolute atomic E-state index is 5.75. The molecule has 0 aromatic heterocycles. The number of morpholine rings is 1. The lowest BCUT2D eigenvalue weighted by Crippen LogP contribution is -2.53. The van der Waals surface area contributed by atoms with Gasteiger partial charge in [0.2, 0.25) is 0 Å². The van der Waals surface area contributed by atoms with Crippen molar-refractivity contribution in [2.75, 3.05) is 13.2 Å². The fourth-order valence-corrected chi connectivity index (χ4v) is 3.31. The highest BCUT2D eigenvalue weighted by Crippen LogP contribution is 2.31. The maximum Gasteiger partial charge on any atom is 0.0658 e. The normalized spacial score (nSPS) is 26.1. The molecule has 20 heavy (non-hydrogen) atoms. The Balaban J connectivity index is 1.76. The first-order valence-corrected chi connectivity index (χ1v) is 7.44. The van der Waals surface area contributed by atoms with E-state index in [1.165, 1.54) is 11.1 Å². The van der Waals surface area contributed by atoms with Crippen LogP contribution in [0.3, 0.4) is 0 Å². The molecule has 3 rings (SSSR count). The Labute approximate surface area is 121 Å². The highest BCUT2D eigenvalue weighted by atomic mass is 16.5. The molecule has 2 nitrogen and oxygen atoms in total. The molecule has 1 aromatic rings. The van der Waals surface area contributed by atoms with Gasteiger partial charge in [0.1, 0.15) is 0 Å². The van der Waals surface area contributed by atoms with Gasteiger partial charge < -0.3 is 4.74 Å². The molecule has 0 N–H and O–H groups in total. The average molecular weight is 269 g/mol. The summed E-state index contributed by atoms with van der Waals surface area (Å²) in [5.41, 5.74) is 4.19. The zero-order chi connectivity index (χ0) is 13.9. The van der Waals surface area contributed by atoms with Gasteiger partial charge in [-0.1, -0.05) is 54.1 Å². The highest BCUT2D eigenvalue weighted by molar-refractivity contribution is 5.22. The van der Waals surface area contributed by atoms with Gasteiger partial charge in [-0.25, -0.2) is 0 Å². The van der Waals surface area contributed by atoms with Gasteiger partial charge in [0, 0.05) is 12.6 Å². The van der Waals surface area contributed by atoms with Crippen molar-refractivity contribution in [2.24, 2.45) is 0 Å². The first-order chi connectivity index (χ1) is 9.72. The van der Waals surface area contributed by atoms with Crippen molar-refractivity contribution in [3.05, 3.63) is 59.7 Å². The van der Waals surface area contributed by atoms with Crippen LogP contribution in [0.2, 0.25) is 0 Å². The lowest BCUT2D eigenvalue weighted by molar-refractivity contribution is -0.0440. The summed E-state index contributed by atoms with van der Waals surface area (Å²) in [5.74, 6) is 0. The van der Waals surface area contributed by atoms with E-state index in [0.717, 1.165) is 32.6 Å². The zero-order valence-corrected chi connectivity index (χ0v) is 12.2. The SMILES string of the molecule is C=C(C)CC1=CC2COCC(C1)N2Cc1ccccc1. The molecule has 0 amide bonds. The third kappa shape index (κ3) is 3.02. The van der Waals surface area contributed by atoms with Crippen LogP contribution in [-0.2, 0) is 11.3 Å². The number of rotatable bonds is 4. The molecule has 0 radical (unpaired) electrons. The number of ether oxygens (including phenoxy) is 1. The summed E-state index contributed by atoms with van der Waals surface area (Å²) in [7, 11) is 0. The summed E-state index contributed by atoms with van der Waals surface area (Å²) in [5, 5.41) is 0. The fourth-order valence-electron chi connectivity index (χ4n) is 3.31. The number of hydrogen-bond donors (Lipinski definition) is 0. The van der Waals surface area contributed by atoms with E-state index in [2.05, 4.69) is 54.8 Å². The summed E-state index contributed by atoms with van der Waals surface area (Å²) in [6, 6.07) is 11.7. The van der Waals surface area contributed by atoms with Crippen LogP contribution in [0.15, 0.2) is 54.1 Å². The van der Waals surface area contributed by atoms with Crippen molar-refractivity contribution in [1.82, 2.24) is 4.90 Å². The molecule has 1 aromatic carbocycles. The predicted molar refractivity (Wildman–Crippen MR) is 82.5 cm³/mol. The topological polar surface area (TPSA) is 12.5 Å². The highest BCUT2D eigenvalue weighted by Gasteiger charge is 2.34. The summed E-state index contributed by atoms with van der Waals surface area (Å²) in [6.07, 6.45) is 4.58. The fraction of sp³-hybridized carbons (Fsp3) is 0.444. The number of allylic oxidation sites excluding steroid dienone is 1. The molecule has 2 bridgehead atoms. The third-order valence-electron chi connectivity index (χ3n) is 4.16. The minimum atomic E-state index is 0.428. The van der Waals surface area contributed by atoms with E-state index < -0.39 is 0 Å². The second-order valence-corrected chi connectivity index (χ2v) is 6.08.